The molecule has 7 nitrogen and oxygen atoms in total. The molecule has 8 heteroatoms. The van der Waals surface area contributed by atoms with Crippen molar-refractivity contribution in [2.75, 3.05) is 22.5 Å². The second kappa shape index (κ2) is 13.9. The van der Waals surface area contributed by atoms with E-state index in [1.165, 1.54) is 0 Å². The molecule has 0 spiro atoms. The van der Waals surface area contributed by atoms with Crippen molar-refractivity contribution in [3.8, 4) is 0 Å². The summed E-state index contributed by atoms with van der Waals surface area (Å²) in [5, 5.41) is 13.0. The lowest BCUT2D eigenvalue weighted by molar-refractivity contribution is -0.117. The number of hydrogen-bond donors (Lipinski definition) is 4. The summed E-state index contributed by atoms with van der Waals surface area (Å²) in [6.45, 7) is 15.0. The molecule has 3 aromatic carbocycles. The number of allylic oxidation sites excluding steroid dienone is 3. The predicted molar refractivity (Wildman–Crippen MR) is 179 cm³/mol. The van der Waals surface area contributed by atoms with Crippen molar-refractivity contribution in [1.82, 2.24) is 10.2 Å². The van der Waals surface area contributed by atoms with Crippen LogP contribution in [0.15, 0.2) is 109 Å². The minimum absolute atomic E-state index is 0.183. The van der Waals surface area contributed by atoms with Crippen LogP contribution in [0.2, 0.25) is 5.02 Å². The number of carbonyl (C=O) groups is 2. The average molecular weight is 596 g/mol. The van der Waals surface area contributed by atoms with E-state index in [4.69, 9.17) is 11.6 Å². The number of carbonyl (C=O) groups excluding carboxylic acids is 2. The maximum absolute atomic E-state index is 13.1. The normalized spacial score (nSPS) is 13.3. The standard InChI is InChI=1S/C35H38ClN5O2/c1-22(2)21-37-34(42)30-17-11-19-41(26(30)6)33(40-32-23(3)12-9-13-24(32)4)25(5)29-16-7-8-18-31(29)39-35(43)38-28-15-10-14-27(36)20-28/h7-20,22,40H,6,21H2,1-5H3,(H,37,42)(H2,38,39,43)/b33-25+. The lowest BCUT2D eigenvalue weighted by Gasteiger charge is -2.32. The number of aryl methyl sites for hydroxylation is 2. The Bertz CT molecular complexity index is 1620. The summed E-state index contributed by atoms with van der Waals surface area (Å²) in [5.41, 5.74) is 6.89. The van der Waals surface area contributed by atoms with Crippen molar-refractivity contribution in [2.24, 2.45) is 5.92 Å². The van der Waals surface area contributed by atoms with E-state index in [2.05, 4.69) is 41.7 Å². The van der Waals surface area contributed by atoms with Gasteiger partial charge < -0.3 is 26.2 Å². The Morgan fingerprint density at radius 1 is 0.930 bits per heavy atom. The van der Waals surface area contributed by atoms with Crippen LogP contribution in [0, 0.1) is 19.8 Å². The van der Waals surface area contributed by atoms with Crippen molar-refractivity contribution in [3.05, 3.63) is 130 Å². The second-order valence-corrected chi connectivity index (χ2v) is 11.3. The lowest BCUT2D eigenvalue weighted by Crippen LogP contribution is -2.34. The van der Waals surface area contributed by atoms with Crippen molar-refractivity contribution in [1.29, 1.82) is 0 Å². The van der Waals surface area contributed by atoms with Crippen LogP contribution in [0.3, 0.4) is 0 Å². The van der Waals surface area contributed by atoms with Crippen LogP contribution in [-0.2, 0) is 4.79 Å². The maximum atomic E-state index is 13.1. The lowest BCUT2D eigenvalue weighted by atomic mass is 10.0. The fourth-order valence-corrected chi connectivity index (χ4v) is 4.90. The van der Waals surface area contributed by atoms with Crippen LogP contribution >= 0.6 is 11.6 Å². The van der Waals surface area contributed by atoms with Crippen LogP contribution in [0.5, 0.6) is 0 Å². The van der Waals surface area contributed by atoms with E-state index in [1.54, 1.807) is 30.3 Å². The number of hydrogen-bond acceptors (Lipinski definition) is 4. The number of nitrogens with zero attached hydrogens (tertiary/aromatic N) is 1. The summed E-state index contributed by atoms with van der Waals surface area (Å²) in [4.78, 5) is 28.0. The third-order valence-corrected chi connectivity index (χ3v) is 7.23. The molecule has 0 bridgehead atoms. The highest BCUT2D eigenvalue weighted by molar-refractivity contribution is 6.30. The van der Waals surface area contributed by atoms with Crippen LogP contribution in [0.25, 0.3) is 5.57 Å². The Morgan fingerprint density at radius 3 is 2.33 bits per heavy atom. The first-order valence-electron chi connectivity index (χ1n) is 14.2. The van der Waals surface area contributed by atoms with Crippen molar-refractivity contribution < 1.29 is 9.59 Å². The number of rotatable bonds is 9. The molecule has 0 atom stereocenters. The summed E-state index contributed by atoms with van der Waals surface area (Å²) in [6, 6.07) is 20.2. The molecule has 0 radical (unpaired) electrons. The van der Waals surface area contributed by atoms with Crippen molar-refractivity contribution in [3.63, 3.8) is 0 Å². The molecule has 0 aliphatic carbocycles. The van der Waals surface area contributed by atoms with E-state index in [9.17, 15) is 9.59 Å². The Hall–Kier alpha value is -4.75. The van der Waals surface area contributed by atoms with Crippen LogP contribution in [0.4, 0.5) is 21.9 Å². The molecule has 4 N–H and O–H groups in total. The van der Waals surface area contributed by atoms with Gasteiger partial charge in [0, 0.05) is 34.7 Å². The monoisotopic (exact) mass is 595 g/mol. The van der Waals surface area contributed by atoms with Gasteiger partial charge in [0.25, 0.3) is 5.91 Å². The molecule has 3 aromatic rings. The first-order chi connectivity index (χ1) is 20.5. The zero-order valence-electron chi connectivity index (χ0n) is 25.2. The van der Waals surface area contributed by atoms with E-state index in [0.717, 1.165) is 28.0 Å². The van der Waals surface area contributed by atoms with Gasteiger partial charge in [0.1, 0.15) is 5.82 Å². The smallest absolute Gasteiger partial charge is 0.323 e. The molecule has 0 fully saturated rings. The third-order valence-electron chi connectivity index (χ3n) is 7.00. The number of halogens is 1. The first-order valence-corrected chi connectivity index (χ1v) is 14.5. The fraction of sp³-hybridized carbons (Fsp3) is 0.200. The Kier molecular flexibility index (Phi) is 10.1. The van der Waals surface area contributed by atoms with Gasteiger partial charge in [-0.1, -0.05) is 74.5 Å². The van der Waals surface area contributed by atoms with Crippen LogP contribution < -0.4 is 21.3 Å². The van der Waals surface area contributed by atoms with Gasteiger partial charge in [0.05, 0.1) is 17.0 Å². The highest BCUT2D eigenvalue weighted by Gasteiger charge is 2.25. The molecule has 0 unspecified atom stereocenters. The third kappa shape index (κ3) is 7.76. The number of nitrogens with one attached hydrogen (secondary N) is 4. The molecule has 43 heavy (non-hydrogen) atoms. The number of amides is 3. The number of urea groups is 1. The summed E-state index contributed by atoms with van der Waals surface area (Å²) >= 11 is 6.09. The SMILES string of the molecule is C=C1C(C(=O)NCC(C)C)=CC=CN1/C(Nc1c(C)cccc1C)=C(\C)c1ccccc1NC(=O)Nc1cccc(Cl)c1. The van der Waals surface area contributed by atoms with Gasteiger partial charge in [0.2, 0.25) is 0 Å². The number of para-hydroxylation sites is 2. The van der Waals surface area contributed by atoms with Crippen molar-refractivity contribution >= 4 is 46.2 Å². The predicted octanol–water partition coefficient (Wildman–Crippen LogP) is 8.44. The van der Waals surface area contributed by atoms with E-state index in [-0.39, 0.29) is 5.91 Å². The van der Waals surface area contributed by atoms with E-state index < -0.39 is 6.03 Å². The van der Waals surface area contributed by atoms with Gasteiger partial charge in [-0.3, -0.25) is 4.79 Å². The van der Waals surface area contributed by atoms with Gasteiger partial charge in [-0.25, -0.2) is 4.79 Å². The number of benzene rings is 3. The summed E-state index contributed by atoms with van der Waals surface area (Å²) in [7, 11) is 0. The number of anilines is 3. The van der Waals surface area contributed by atoms with Gasteiger partial charge in [-0.2, -0.15) is 0 Å². The van der Waals surface area contributed by atoms with Gasteiger partial charge in [-0.05, 0) is 79.8 Å². The Labute approximate surface area is 259 Å². The highest BCUT2D eigenvalue weighted by atomic mass is 35.5. The summed E-state index contributed by atoms with van der Waals surface area (Å²) in [5.74, 6) is 0.832. The molecule has 0 saturated heterocycles. The Balaban J connectivity index is 1.74. The van der Waals surface area contributed by atoms with Gasteiger partial charge in [-0.15, -0.1) is 0 Å². The fourth-order valence-electron chi connectivity index (χ4n) is 4.71. The molecule has 4 rings (SSSR count). The summed E-state index contributed by atoms with van der Waals surface area (Å²) in [6.07, 6.45) is 5.49. The van der Waals surface area contributed by atoms with Crippen molar-refractivity contribution in [2.45, 2.75) is 34.6 Å². The zero-order chi connectivity index (χ0) is 31.1. The minimum Gasteiger partial charge on any atom is -0.352 e. The molecule has 3 amide bonds. The van der Waals surface area contributed by atoms with E-state index >= 15 is 0 Å². The quantitative estimate of drug-likeness (QED) is 0.200. The molecule has 1 aliphatic heterocycles. The average Bonchev–Trinajstić information content (AvgIpc) is 2.96. The minimum atomic E-state index is -0.402. The molecule has 1 heterocycles. The highest BCUT2D eigenvalue weighted by Crippen LogP contribution is 2.34. The summed E-state index contributed by atoms with van der Waals surface area (Å²) < 4.78 is 0. The van der Waals surface area contributed by atoms with Gasteiger partial charge >= 0.3 is 6.03 Å². The Morgan fingerprint density at radius 2 is 1.63 bits per heavy atom. The van der Waals surface area contributed by atoms with E-state index in [1.807, 2.05) is 80.4 Å². The maximum Gasteiger partial charge on any atom is 0.323 e. The second-order valence-electron chi connectivity index (χ2n) is 10.8. The molecule has 222 valence electrons. The first kappa shape index (κ1) is 31.2. The van der Waals surface area contributed by atoms with E-state index in [0.29, 0.717) is 46.0 Å². The van der Waals surface area contributed by atoms with Crippen LogP contribution in [0.1, 0.15) is 37.5 Å². The molecular formula is C35H38ClN5O2. The van der Waals surface area contributed by atoms with Crippen LogP contribution in [-0.4, -0.2) is 23.4 Å². The zero-order valence-corrected chi connectivity index (χ0v) is 26.0. The molecule has 1 aliphatic rings. The molecule has 0 aromatic heterocycles. The topological polar surface area (TPSA) is 85.5 Å². The molecule has 0 saturated carbocycles. The van der Waals surface area contributed by atoms with Gasteiger partial charge in [0.15, 0.2) is 0 Å². The largest absolute Gasteiger partial charge is 0.352 e. The molecular weight excluding hydrogens is 558 g/mol.